The number of alkyl halides is 3. The molecule has 0 bridgehead atoms. The maximum absolute atomic E-state index is 12.7. The quantitative estimate of drug-likeness (QED) is 0.189. The molecule has 1 saturated heterocycles. The first-order valence-corrected chi connectivity index (χ1v) is 12.2. The van der Waals surface area contributed by atoms with Gasteiger partial charge < -0.3 is 20.7 Å². The molecule has 2 aromatic carbocycles. The maximum atomic E-state index is 12.7. The molecule has 40 heavy (non-hydrogen) atoms. The molecule has 1 aliphatic heterocycles. The van der Waals surface area contributed by atoms with Gasteiger partial charge >= 0.3 is 0 Å². The van der Waals surface area contributed by atoms with Gasteiger partial charge in [0.1, 0.15) is 0 Å². The number of rotatable bonds is 8. The van der Waals surface area contributed by atoms with E-state index in [4.69, 9.17) is 19.6 Å². The number of benzene rings is 2. The van der Waals surface area contributed by atoms with Crippen LogP contribution in [0.2, 0.25) is 0 Å². The fourth-order valence-corrected chi connectivity index (χ4v) is 3.87. The van der Waals surface area contributed by atoms with Crippen LogP contribution in [0.5, 0.6) is 0 Å². The lowest BCUT2D eigenvalue weighted by molar-refractivity contribution is 0.0787. The summed E-state index contributed by atoms with van der Waals surface area (Å²) in [4.78, 5) is 31.6. The number of nitrogens with one attached hydrogen (secondary N) is 1. The van der Waals surface area contributed by atoms with Crippen LogP contribution in [0.1, 0.15) is 43.8 Å². The Hall–Kier alpha value is -3.54. The smallest absolute Gasteiger partial charge is 0.253 e. The topological polar surface area (TPSA) is 97.0 Å². The summed E-state index contributed by atoms with van der Waals surface area (Å²) in [7, 11) is 3.09. The highest BCUT2D eigenvalue weighted by Gasteiger charge is 2.26. The highest BCUT2D eigenvalue weighted by Crippen LogP contribution is 2.21. The van der Waals surface area contributed by atoms with Gasteiger partial charge in [-0.05, 0) is 56.0 Å². The van der Waals surface area contributed by atoms with E-state index in [2.05, 4.69) is 10.3 Å². The van der Waals surface area contributed by atoms with E-state index in [9.17, 15) is 22.8 Å². The van der Waals surface area contributed by atoms with Gasteiger partial charge in [0.15, 0.2) is 0 Å². The minimum Gasteiger partial charge on any atom is -0.398 e. The molecule has 12 heteroatoms. The number of ether oxygens (including phenoxy) is 1. The first kappa shape index (κ1) is 38.6. The van der Waals surface area contributed by atoms with Gasteiger partial charge in [0.25, 0.3) is 11.8 Å². The van der Waals surface area contributed by atoms with Crippen LogP contribution in [-0.2, 0) is 4.74 Å². The Labute approximate surface area is 233 Å². The van der Waals surface area contributed by atoms with Gasteiger partial charge in [-0.1, -0.05) is 17.7 Å². The van der Waals surface area contributed by atoms with Crippen molar-refractivity contribution in [3.05, 3.63) is 64.2 Å². The molecule has 2 aromatic rings. The molecular weight excluding hydrogens is 535 g/mol. The zero-order chi connectivity index (χ0) is 31.1. The number of nitrogens with zero attached hydrogens (tertiary/aromatic N) is 2. The van der Waals surface area contributed by atoms with E-state index in [1.54, 1.807) is 25.5 Å². The SMILES string of the molecule is CF.CF.CF.COCCNC(=O)c1ccc(N)c(C=NCC2CCN(C(=O)c3ccc(C)cc3)C2)c1C.FF. The minimum atomic E-state index is -0.157. The summed E-state index contributed by atoms with van der Waals surface area (Å²) >= 11 is 0. The molecule has 1 aliphatic rings. The van der Waals surface area contributed by atoms with Crippen molar-refractivity contribution in [2.75, 3.05) is 67.2 Å². The van der Waals surface area contributed by atoms with Crippen LogP contribution in [0.25, 0.3) is 0 Å². The maximum Gasteiger partial charge on any atom is 0.253 e. The van der Waals surface area contributed by atoms with E-state index >= 15 is 0 Å². The second kappa shape index (κ2) is 23.4. The Kier molecular flexibility index (Phi) is 22.5. The molecular formula is C28H41F5N4O3. The molecule has 7 nitrogen and oxygen atoms in total. The van der Waals surface area contributed by atoms with Crippen molar-refractivity contribution in [1.82, 2.24) is 10.2 Å². The second-order valence-electron chi connectivity index (χ2n) is 8.26. The highest BCUT2D eigenvalue weighted by atomic mass is 20.0. The molecule has 1 fully saturated rings. The van der Waals surface area contributed by atoms with Crippen molar-refractivity contribution in [1.29, 1.82) is 0 Å². The summed E-state index contributed by atoms with van der Waals surface area (Å²) in [5.41, 5.74) is 10.7. The standard InChI is InChI=1S/C25H32N4O3.3CH3F.F2/c1-17-4-6-20(7-5-17)25(31)29-12-10-19(16-29)14-27-15-22-18(2)21(8-9-23(22)26)24(30)28-11-13-32-3;4*1-2/h4-9,15,19H,10-14,16,26H2,1-3H3,(H,28,30);3*1H3;. The minimum absolute atomic E-state index is 0.0729. The van der Waals surface area contributed by atoms with Gasteiger partial charge in [0.05, 0.1) is 28.1 Å². The average Bonchev–Trinajstić information content (AvgIpc) is 3.48. The van der Waals surface area contributed by atoms with E-state index in [1.165, 1.54) is 0 Å². The fraction of sp³-hybridized carbons (Fsp3) is 0.464. The first-order chi connectivity index (χ1) is 19.4. The van der Waals surface area contributed by atoms with Gasteiger partial charge in [-0.25, -0.2) is 0 Å². The Morgan fingerprint density at radius 1 is 1.05 bits per heavy atom. The number of nitrogen functional groups attached to an aromatic ring is 1. The van der Waals surface area contributed by atoms with Crippen molar-refractivity contribution in [2.24, 2.45) is 10.9 Å². The van der Waals surface area contributed by atoms with Crippen LogP contribution >= 0.6 is 0 Å². The van der Waals surface area contributed by atoms with Gasteiger partial charge in [0.2, 0.25) is 0 Å². The molecule has 0 spiro atoms. The van der Waals surface area contributed by atoms with E-state index in [-0.39, 0.29) is 11.8 Å². The Balaban J connectivity index is 0. The predicted octanol–water partition coefficient (Wildman–Crippen LogP) is 5.44. The molecule has 3 N–H and O–H groups in total. The van der Waals surface area contributed by atoms with E-state index in [0.29, 0.717) is 64.9 Å². The van der Waals surface area contributed by atoms with E-state index in [1.807, 2.05) is 43.0 Å². The zero-order valence-corrected chi connectivity index (χ0v) is 23.9. The molecule has 226 valence electrons. The summed E-state index contributed by atoms with van der Waals surface area (Å²) in [6, 6.07) is 11.2. The molecule has 1 heterocycles. The average molecular weight is 577 g/mol. The van der Waals surface area contributed by atoms with Crippen LogP contribution in [0, 0.1) is 19.8 Å². The third-order valence-electron chi connectivity index (χ3n) is 5.84. The monoisotopic (exact) mass is 576 g/mol. The zero-order valence-electron chi connectivity index (χ0n) is 23.9. The highest BCUT2D eigenvalue weighted by molar-refractivity contribution is 6.00. The van der Waals surface area contributed by atoms with E-state index in [0.717, 1.165) is 35.2 Å². The summed E-state index contributed by atoms with van der Waals surface area (Å²) < 4.78 is 49.5. The van der Waals surface area contributed by atoms with Crippen molar-refractivity contribution in [3.63, 3.8) is 0 Å². The number of nitrogens with two attached hydrogens (primary N) is 1. The molecule has 1 atom stereocenters. The second-order valence-corrected chi connectivity index (χ2v) is 8.26. The summed E-state index contributed by atoms with van der Waals surface area (Å²) in [5.74, 6) is 0.224. The fourth-order valence-electron chi connectivity index (χ4n) is 3.87. The van der Waals surface area contributed by atoms with Gasteiger partial charge in [0, 0.05) is 71.0 Å². The lowest BCUT2D eigenvalue weighted by Gasteiger charge is -2.16. The largest absolute Gasteiger partial charge is 0.398 e. The molecule has 2 amide bonds. The van der Waals surface area contributed by atoms with Crippen molar-refractivity contribution >= 4 is 23.7 Å². The summed E-state index contributed by atoms with van der Waals surface area (Å²) in [6.07, 6.45) is 2.67. The predicted molar refractivity (Wildman–Crippen MR) is 151 cm³/mol. The number of anilines is 1. The van der Waals surface area contributed by atoms with Crippen LogP contribution in [0.15, 0.2) is 41.4 Å². The summed E-state index contributed by atoms with van der Waals surface area (Å²) in [5, 5.41) is 2.83. The number of methoxy groups -OCH3 is 1. The van der Waals surface area contributed by atoms with Crippen LogP contribution in [0.3, 0.4) is 0 Å². The molecule has 1 unspecified atom stereocenters. The lowest BCUT2D eigenvalue weighted by Crippen LogP contribution is -2.29. The Morgan fingerprint density at radius 2 is 1.65 bits per heavy atom. The van der Waals surface area contributed by atoms with Crippen molar-refractivity contribution in [2.45, 2.75) is 20.3 Å². The molecule has 0 radical (unpaired) electrons. The summed E-state index contributed by atoms with van der Waals surface area (Å²) in [6.45, 7) is 6.84. The number of aryl methyl sites for hydroxylation is 1. The number of carbonyl (C=O) groups is 2. The molecule has 0 saturated carbocycles. The molecule has 0 aromatic heterocycles. The van der Waals surface area contributed by atoms with Crippen LogP contribution in [0.4, 0.5) is 28.0 Å². The normalized spacial score (nSPS) is 13.4. The number of amides is 2. The number of carbonyl (C=O) groups excluding carboxylic acids is 2. The van der Waals surface area contributed by atoms with E-state index < -0.39 is 0 Å². The lowest BCUT2D eigenvalue weighted by atomic mass is 10.0. The molecule has 0 aliphatic carbocycles. The third-order valence-corrected chi connectivity index (χ3v) is 5.84. The number of likely N-dealkylation sites (tertiary alicyclic amines) is 1. The number of halogens is 5. The molecule has 3 rings (SSSR count). The van der Waals surface area contributed by atoms with Crippen molar-refractivity contribution in [3.8, 4) is 0 Å². The third kappa shape index (κ3) is 12.5. The van der Waals surface area contributed by atoms with Gasteiger partial charge in [-0.2, -0.15) is 0 Å². The number of hydrogen-bond donors (Lipinski definition) is 2. The van der Waals surface area contributed by atoms with Crippen molar-refractivity contribution < 1.29 is 36.6 Å². The van der Waals surface area contributed by atoms with Gasteiger partial charge in [-0.3, -0.25) is 27.8 Å². The Bertz CT molecular complexity index is 1010. The van der Waals surface area contributed by atoms with Crippen LogP contribution in [-0.4, -0.2) is 84.4 Å². The Morgan fingerprint density at radius 3 is 2.23 bits per heavy atom. The first-order valence-electron chi connectivity index (χ1n) is 12.2. The van der Waals surface area contributed by atoms with Gasteiger partial charge in [-0.15, -0.1) is 0 Å². The number of hydrogen-bond acceptors (Lipinski definition) is 5. The van der Waals surface area contributed by atoms with Crippen LogP contribution < -0.4 is 11.1 Å². The number of aliphatic imine (C=N–C) groups is 1.